The van der Waals surface area contributed by atoms with Crippen molar-refractivity contribution in [2.75, 3.05) is 19.7 Å². The molecule has 1 amide bonds. The molecule has 0 bridgehead atoms. The van der Waals surface area contributed by atoms with Gasteiger partial charge in [0.05, 0.1) is 17.2 Å². The number of hydrogen-bond donors (Lipinski definition) is 0. The van der Waals surface area contributed by atoms with Crippen molar-refractivity contribution in [1.82, 2.24) is 9.88 Å². The SMILES string of the molecule is CC(C)COC1CCN(C(=O)c2cc(Cl)cc3cccnc23)C1. The maximum Gasteiger partial charge on any atom is 0.256 e. The lowest BCUT2D eigenvalue weighted by Crippen LogP contribution is -2.30. The van der Waals surface area contributed by atoms with Crippen LogP contribution >= 0.6 is 11.6 Å². The molecule has 1 saturated heterocycles. The zero-order valence-electron chi connectivity index (χ0n) is 13.5. The quantitative estimate of drug-likeness (QED) is 0.855. The molecular weight excluding hydrogens is 312 g/mol. The maximum absolute atomic E-state index is 12.9. The number of ether oxygens (including phenoxy) is 1. The highest BCUT2D eigenvalue weighted by atomic mass is 35.5. The minimum atomic E-state index is -0.0214. The molecule has 122 valence electrons. The van der Waals surface area contributed by atoms with Gasteiger partial charge in [-0.15, -0.1) is 0 Å². The number of hydrogen-bond acceptors (Lipinski definition) is 3. The normalized spacial score (nSPS) is 18.1. The summed E-state index contributed by atoms with van der Waals surface area (Å²) in [4.78, 5) is 19.1. The van der Waals surface area contributed by atoms with Gasteiger partial charge in [0.25, 0.3) is 5.91 Å². The lowest BCUT2D eigenvalue weighted by Gasteiger charge is -2.18. The van der Waals surface area contributed by atoms with Crippen LogP contribution in [-0.4, -0.2) is 41.6 Å². The molecule has 5 heteroatoms. The van der Waals surface area contributed by atoms with Gasteiger partial charge in [0.2, 0.25) is 0 Å². The van der Waals surface area contributed by atoms with E-state index < -0.39 is 0 Å². The highest BCUT2D eigenvalue weighted by molar-refractivity contribution is 6.32. The standard InChI is InChI=1S/C18H21ClN2O2/c1-12(2)11-23-15-5-7-21(10-15)18(22)16-9-14(19)8-13-4-3-6-20-17(13)16/h3-4,6,8-9,12,15H,5,7,10-11H2,1-2H3. The van der Waals surface area contributed by atoms with Crippen LogP contribution in [0.2, 0.25) is 5.02 Å². The summed E-state index contributed by atoms with van der Waals surface area (Å²) in [6.45, 7) is 6.33. The number of halogens is 1. The van der Waals surface area contributed by atoms with Gasteiger partial charge in [-0.1, -0.05) is 31.5 Å². The van der Waals surface area contributed by atoms with E-state index in [1.165, 1.54) is 0 Å². The van der Waals surface area contributed by atoms with Crippen molar-refractivity contribution in [1.29, 1.82) is 0 Å². The molecule has 2 aromatic rings. The summed E-state index contributed by atoms with van der Waals surface area (Å²) in [5.41, 5.74) is 1.27. The second kappa shape index (κ2) is 6.85. The molecule has 0 N–H and O–H groups in total. The summed E-state index contributed by atoms with van der Waals surface area (Å²) in [6, 6.07) is 7.31. The molecule has 1 aromatic carbocycles. The third-order valence-corrected chi connectivity index (χ3v) is 4.22. The number of likely N-dealkylation sites (tertiary alicyclic amines) is 1. The average Bonchev–Trinajstić information content (AvgIpc) is 3.00. The van der Waals surface area contributed by atoms with Crippen LogP contribution in [0.5, 0.6) is 0 Å². The van der Waals surface area contributed by atoms with Crippen LogP contribution in [0.25, 0.3) is 10.9 Å². The fourth-order valence-electron chi connectivity index (χ4n) is 2.87. The fourth-order valence-corrected chi connectivity index (χ4v) is 3.09. The molecule has 1 atom stereocenters. The first-order valence-corrected chi connectivity index (χ1v) is 8.37. The van der Waals surface area contributed by atoms with Crippen LogP contribution in [0.4, 0.5) is 0 Å². The molecule has 23 heavy (non-hydrogen) atoms. The lowest BCUT2D eigenvalue weighted by molar-refractivity contribution is 0.0397. The van der Waals surface area contributed by atoms with Gasteiger partial charge in [-0.05, 0) is 30.5 Å². The van der Waals surface area contributed by atoms with E-state index in [2.05, 4.69) is 18.8 Å². The van der Waals surface area contributed by atoms with Gasteiger partial charge < -0.3 is 9.64 Å². The van der Waals surface area contributed by atoms with Gasteiger partial charge in [-0.2, -0.15) is 0 Å². The average molecular weight is 333 g/mol. The van der Waals surface area contributed by atoms with Gasteiger partial charge >= 0.3 is 0 Å². The topological polar surface area (TPSA) is 42.4 Å². The van der Waals surface area contributed by atoms with E-state index in [0.717, 1.165) is 18.4 Å². The largest absolute Gasteiger partial charge is 0.376 e. The van der Waals surface area contributed by atoms with Crippen molar-refractivity contribution in [3.05, 3.63) is 41.0 Å². The van der Waals surface area contributed by atoms with Gasteiger partial charge in [0.15, 0.2) is 0 Å². The van der Waals surface area contributed by atoms with Crippen LogP contribution in [0.1, 0.15) is 30.6 Å². The minimum absolute atomic E-state index is 0.0214. The van der Waals surface area contributed by atoms with Crippen LogP contribution in [-0.2, 0) is 4.74 Å². The molecule has 0 saturated carbocycles. The zero-order chi connectivity index (χ0) is 16.4. The molecule has 1 aliphatic rings. The Bertz CT molecular complexity index is 717. The van der Waals surface area contributed by atoms with E-state index in [9.17, 15) is 4.79 Å². The maximum atomic E-state index is 12.9. The second-order valence-electron chi connectivity index (χ2n) is 6.42. The Labute approximate surface area is 141 Å². The second-order valence-corrected chi connectivity index (χ2v) is 6.85. The van der Waals surface area contributed by atoms with Crippen molar-refractivity contribution in [2.24, 2.45) is 5.92 Å². The van der Waals surface area contributed by atoms with Gasteiger partial charge in [-0.3, -0.25) is 9.78 Å². The number of fused-ring (bicyclic) bond motifs is 1. The Balaban J connectivity index is 1.79. The van der Waals surface area contributed by atoms with Crippen LogP contribution in [0.3, 0.4) is 0 Å². The molecule has 2 heterocycles. The molecule has 1 aliphatic heterocycles. The molecule has 1 unspecified atom stereocenters. The Kier molecular flexibility index (Phi) is 4.83. The number of carbonyl (C=O) groups excluding carboxylic acids is 1. The smallest absolute Gasteiger partial charge is 0.256 e. The Morgan fingerprint density at radius 2 is 2.30 bits per heavy atom. The van der Waals surface area contributed by atoms with E-state index in [1.807, 2.05) is 23.1 Å². The van der Waals surface area contributed by atoms with Gasteiger partial charge in [-0.25, -0.2) is 0 Å². The monoisotopic (exact) mass is 332 g/mol. The first-order chi connectivity index (χ1) is 11.0. The van der Waals surface area contributed by atoms with Crippen LogP contribution < -0.4 is 0 Å². The van der Waals surface area contributed by atoms with Crippen molar-refractivity contribution in [3.63, 3.8) is 0 Å². The number of rotatable bonds is 4. The first-order valence-electron chi connectivity index (χ1n) is 7.99. The molecule has 0 aliphatic carbocycles. The Hall–Kier alpha value is -1.65. The highest BCUT2D eigenvalue weighted by Crippen LogP contribution is 2.25. The van der Waals surface area contributed by atoms with Crippen molar-refractivity contribution < 1.29 is 9.53 Å². The minimum Gasteiger partial charge on any atom is -0.376 e. The van der Waals surface area contributed by atoms with Gasteiger partial charge in [0.1, 0.15) is 0 Å². The van der Waals surface area contributed by atoms with Crippen molar-refractivity contribution in [3.8, 4) is 0 Å². The third-order valence-electron chi connectivity index (χ3n) is 4.00. The van der Waals surface area contributed by atoms with Crippen molar-refractivity contribution >= 4 is 28.4 Å². The molecule has 0 spiro atoms. The number of benzene rings is 1. The van der Waals surface area contributed by atoms with E-state index in [4.69, 9.17) is 16.3 Å². The first kappa shape index (κ1) is 16.2. The molecule has 1 fully saturated rings. The number of amides is 1. The molecular formula is C18H21ClN2O2. The zero-order valence-corrected chi connectivity index (χ0v) is 14.2. The summed E-state index contributed by atoms with van der Waals surface area (Å²) in [5, 5.41) is 1.44. The molecule has 4 nitrogen and oxygen atoms in total. The molecule has 1 aromatic heterocycles. The van der Waals surface area contributed by atoms with E-state index >= 15 is 0 Å². The summed E-state index contributed by atoms with van der Waals surface area (Å²) in [6.07, 6.45) is 2.70. The van der Waals surface area contributed by atoms with Crippen molar-refractivity contribution in [2.45, 2.75) is 26.4 Å². The number of carbonyl (C=O) groups is 1. The van der Waals surface area contributed by atoms with Gasteiger partial charge in [0, 0.05) is 36.3 Å². The Morgan fingerprint density at radius 1 is 1.48 bits per heavy atom. The van der Waals surface area contributed by atoms with Crippen LogP contribution in [0, 0.1) is 5.92 Å². The van der Waals surface area contributed by atoms with E-state index in [-0.39, 0.29) is 12.0 Å². The predicted octanol–water partition coefficient (Wildman–Crippen LogP) is 3.78. The molecule has 0 radical (unpaired) electrons. The van der Waals surface area contributed by atoms with Crippen LogP contribution in [0.15, 0.2) is 30.5 Å². The highest BCUT2D eigenvalue weighted by Gasteiger charge is 2.28. The fraction of sp³-hybridized carbons (Fsp3) is 0.444. The van der Waals surface area contributed by atoms with E-state index in [1.54, 1.807) is 12.3 Å². The Morgan fingerprint density at radius 3 is 3.09 bits per heavy atom. The summed E-state index contributed by atoms with van der Waals surface area (Å²) >= 11 is 6.16. The summed E-state index contributed by atoms with van der Waals surface area (Å²) < 4.78 is 5.86. The lowest BCUT2D eigenvalue weighted by atomic mass is 10.1. The summed E-state index contributed by atoms with van der Waals surface area (Å²) in [7, 11) is 0. The third kappa shape index (κ3) is 3.65. The van der Waals surface area contributed by atoms with E-state index in [0.29, 0.717) is 35.1 Å². The summed E-state index contributed by atoms with van der Waals surface area (Å²) in [5.74, 6) is 0.479. The number of pyridine rings is 1. The predicted molar refractivity (Wildman–Crippen MR) is 91.9 cm³/mol. The number of aromatic nitrogens is 1. The molecule has 3 rings (SSSR count). The number of nitrogens with zero attached hydrogens (tertiary/aromatic N) is 2.